The van der Waals surface area contributed by atoms with E-state index in [-0.39, 0.29) is 11.9 Å². The van der Waals surface area contributed by atoms with Crippen LogP contribution in [0, 0.1) is 0 Å². The van der Waals surface area contributed by atoms with Crippen molar-refractivity contribution < 1.29 is 4.79 Å². The lowest BCUT2D eigenvalue weighted by molar-refractivity contribution is -0.133. The average molecular weight is 210 g/mol. The second-order valence-corrected chi connectivity index (χ2v) is 4.31. The highest BCUT2D eigenvalue weighted by atomic mass is 16.2. The number of hydrogen-bond donors (Lipinski definition) is 1. The summed E-state index contributed by atoms with van der Waals surface area (Å²) in [5, 5.41) is 3.29. The molecule has 1 N–H and O–H groups in total. The summed E-state index contributed by atoms with van der Waals surface area (Å²) in [4.78, 5) is 14.0. The summed E-state index contributed by atoms with van der Waals surface area (Å²) in [7, 11) is 0. The van der Waals surface area contributed by atoms with Gasteiger partial charge in [0.25, 0.3) is 0 Å². The Balaban J connectivity index is 2.50. The van der Waals surface area contributed by atoms with E-state index in [4.69, 9.17) is 0 Å². The van der Waals surface area contributed by atoms with Crippen LogP contribution in [0.4, 0.5) is 0 Å². The first-order valence-electron chi connectivity index (χ1n) is 5.81. The molecule has 0 spiro atoms. The van der Waals surface area contributed by atoms with E-state index in [1.807, 2.05) is 18.7 Å². The van der Waals surface area contributed by atoms with Gasteiger partial charge in [0.05, 0.1) is 6.04 Å². The molecule has 1 aliphatic rings. The molecule has 15 heavy (non-hydrogen) atoms. The molecule has 0 bridgehead atoms. The molecule has 0 aromatic rings. The molecule has 1 atom stereocenters. The second kappa shape index (κ2) is 5.91. The molecular formula is C12H22N2O. The van der Waals surface area contributed by atoms with Crippen LogP contribution >= 0.6 is 0 Å². The van der Waals surface area contributed by atoms with Crippen molar-refractivity contribution in [1.82, 2.24) is 10.2 Å². The summed E-state index contributed by atoms with van der Waals surface area (Å²) in [6.07, 6.45) is 3.33. The van der Waals surface area contributed by atoms with Crippen LogP contribution in [0.25, 0.3) is 0 Å². The lowest BCUT2D eigenvalue weighted by atomic mass is 10.0. The van der Waals surface area contributed by atoms with E-state index in [2.05, 4.69) is 11.9 Å². The highest BCUT2D eigenvalue weighted by molar-refractivity contribution is 5.82. The molecule has 0 radical (unpaired) electrons. The van der Waals surface area contributed by atoms with Gasteiger partial charge in [-0.15, -0.1) is 0 Å². The molecule has 0 aliphatic carbocycles. The summed E-state index contributed by atoms with van der Waals surface area (Å²) in [5.41, 5.74) is 1.04. The Hall–Kier alpha value is -0.830. The van der Waals surface area contributed by atoms with Crippen LogP contribution in [0.15, 0.2) is 12.2 Å². The number of hydrogen-bond acceptors (Lipinski definition) is 2. The fraction of sp³-hybridized carbons (Fsp3) is 0.750. The van der Waals surface area contributed by atoms with Crippen LogP contribution in [0.5, 0.6) is 0 Å². The number of rotatable bonds is 4. The first kappa shape index (κ1) is 12.2. The number of piperidine rings is 1. The summed E-state index contributed by atoms with van der Waals surface area (Å²) >= 11 is 0. The molecule has 0 saturated carbocycles. The number of carbonyl (C=O) groups excluding carboxylic acids is 1. The van der Waals surface area contributed by atoms with Crippen molar-refractivity contribution in [2.75, 3.05) is 19.6 Å². The fourth-order valence-electron chi connectivity index (χ4n) is 1.95. The topological polar surface area (TPSA) is 32.3 Å². The van der Waals surface area contributed by atoms with Gasteiger partial charge in [-0.25, -0.2) is 0 Å². The minimum Gasteiger partial charge on any atom is -0.338 e. The number of nitrogens with one attached hydrogen (secondary N) is 1. The number of nitrogens with zero attached hydrogens (tertiary/aromatic N) is 1. The van der Waals surface area contributed by atoms with Gasteiger partial charge in [-0.2, -0.15) is 0 Å². The Morgan fingerprint density at radius 2 is 2.27 bits per heavy atom. The zero-order chi connectivity index (χ0) is 11.3. The maximum Gasteiger partial charge on any atom is 0.239 e. The Kier molecular flexibility index (Phi) is 4.82. The van der Waals surface area contributed by atoms with Crippen molar-refractivity contribution in [2.45, 2.75) is 39.2 Å². The van der Waals surface area contributed by atoms with Crippen molar-refractivity contribution in [1.29, 1.82) is 0 Å². The summed E-state index contributed by atoms with van der Waals surface area (Å²) in [5.74, 6) is 0.236. The Morgan fingerprint density at radius 3 is 2.73 bits per heavy atom. The van der Waals surface area contributed by atoms with E-state index in [0.29, 0.717) is 6.54 Å². The number of likely N-dealkylation sites (N-methyl/N-ethyl adjacent to an activating group) is 1. The summed E-state index contributed by atoms with van der Waals surface area (Å²) in [6.45, 7) is 10.3. The van der Waals surface area contributed by atoms with Gasteiger partial charge in [0.2, 0.25) is 5.91 Å². The number of amides is 1. The first-order valence-corrected chi connectivity index (χ1v) is 5.81. The Labute approximate surface area is 92.5 Å². The molecule has 1 rings (SSSR count). The lowest BCUT2D eigenvalue weighted by Crippen LogP contribution is -2.48. The summed E-state index contributed by atoms with van der Waals surface area (Å²) in [6, 6.07) is 0.0399. The van der Waals surface area contributed by atoms with Gasteiger partial charge in [-0.3, -0.25) is 4.79 Å². The molecule has 86 valence electrons. The first-order chi connectivity index (χ1) is 7.15. The SMILES string of the molecule is C=C(C)CN(CC)C(=O)[C@@H]1CCCCN1. The third kappa shape index (κ3) is 3.67. The van der Waals surface area contributed by atoms with Crippen LogP contribution in [-0.2, 0) is 4.79 Å². The molecule has 1 saturated heterocycles. The highest BCUT2D eigenvalue weighted by Gasteiger charge is 2.24. The van der Waals surface area contributed by atoms with Crippen LogP contribution in [0.1, 0.15) is 33.1 Å². The average Bonchev–Trinajstić information content (AvgIpc) is 2.26. The highest BCUT2D eigenvalue weighted by Crippen LogP contribution is 2.10. The third-order valence-corrected chi connectivity index (χ3v) is 2.76. The molecule has 1 heterocycles. The lowest BCUT2D eigenvalue weighted by Gasteiger charge is -2.29. The smallest absolute Gasteiger partial charge is 0.239 e. The van der Waals surface area contributed by atoms with E-state index in [0.717, 1.165) is 31.5 Å². The number of carbonyl (C=O) groups is 1. The fourth-order valence-corrected chi connectivity index (χ4v) is 1.95. The van der Waals surface area contributed by atoms with Crippen molar-refractivity contribution >= 4 is 5.91 Å². The largest absolute Gasteiger partial charge is 0.338 e. The van der Waals surface area contributed by atoms with Gasteiger partial charge in [0.1, 0.15) is 0 Å². The minimum atomic E-state index is 0.0399. The van der Waals surface area contributed by atoms with Gasteiger partial charge >= 0.3 is 0 Å². The van der Waals surface area contributed by atoms with Gasteiger partial charge < -0.3 is 10.2 Å². The van der Waals surface area contributed by atoms with E-state index >= 15 is 0 Å². The van der Waals surface area contributed by atoms with Gasteiger partial charge in [0.15, 0.2) is 0 Å². The third-order valence-electron chi connectivity index (χ3n) is 2.76. The predicted octanol–water partition coefficient (Wildman–Crippen LogP) is 1.55. The van der Waals surface area contributed by atoms with Crippen molar-refractivity contribution in [3.05, 3.63) is 12.2 Å². The van der Waals surface area contributed by atoms with E-state index in [9.17, 15) is 4.79 Å². The molecule has 3 nitrogen and oxygen atoms in total. The minimum absolute atomic E-state index is 0.0399. The van der Waals surface area contributed by atoms with Crippen molar-refractivity contribution in [2.24, 2.45) is 0 Å². The molecule has 0 aromatic carbocycles. The van der Waals surface area contributed by atoms with Gasteiger partial charge in [-0.05, 0) is 33.2 Å². The normalized spacial score (nSPS) is 21.1. The van der Waals surface area contributed by atoms with E-state index < -0.39 is 0 Å². The molecule has 1 amide bonds. The maximum absolute atomic E-state index is 12.1. The molecular weight excluding hydrogens is 188 g/mol. The zero-order valence-corrected chi connectivity index (χ0v) is 9.88. The van der Waals surface area contributed by atoms with E-state index in [1.165, 1.54) is 6.42 Å². The van der Waals surface area contributed by atoms with Crippen LogP contribution in [0.2, 0.25) is 0 Å². The quantitative estimate of drug-likeness (QED) is 0.714. The molecule has 0 aromatic heterocycles. The Bertz CT molecular complexity index is 232. The van der Waals surface area contributed by atoms with Crippen LogP contribution < -0.4 is 5.32 Å². The van der Waals surface area contributed by atoms with Crippen LogP contribution in [0.3, 0.4) is 0 Å². The van der Waals surface area contributed by atoms with Crippen molar-refractivity contribution in [3.63, 3.8) is 0 Å². The monoisotopic (exact) mass is 210 g/mol. The summed E-state index contributed by atoms with van der Waals surface area (Å²) < 4.78 is 0. The van der Waals surface area contributed by atoms with Crippen molar-refractivity contribution in [3.8, 4) is 0 Å². The van der Waals surface area contributed by atoms with E-state index in [1.54, 1.807) is 0 Å². The molecule has 3 heteroatoms. The van der Waals surface area contributed by atoms with Gasteiger partial charge in [-0.1, -0.05) is 18.6 Å². The predicted molar refractivity (Wildman–Crippen MR) is 62.7 cm³/mol. The zero-order valence-electron chi connectivity index (χ0n) is 9.88. The Morgan fingerprint density at radius 1 is 1.53 bits per heavy atom. The standard InChI is InChI=1S/C12H22N2O/c1-4-14(9-10(2)3)12(15)11-7-5-6-8-13-11/h11,13H,2,4-9H2,1,3H3/t11-/m0/s1. The second-order valence-electron chi connectivity index (χ2n) is 4.31. The van der Waals surface area contributed by atoms with Crippen LogP contribution in [-0.4, -0.2) is 36.5 Å². The van der Waals surface area contributed by atoms with Gasteiger partial charge in [0, 0.05) is 13.1 Å². The molecule has 1 aliphatic heterocycles. The maximum atomic E-state index is 12.1. The molecule has 1 fully saturated rings. The molecule has 0 unspecified atom stereocenters.